The summed E-state index contributed by atoms with van der Waals surface area (Å²) >= 11 is 0. The van der Waals surface area contributed by atoms with E-state index in [0.717, 1.165) is 30.6 Å². The van der Waals surface area contributed by atoms with Gasteiger partial charge in [0.2, 0.25) is 0 Å². The van der Waals surface area contributed by atoms with E-state index in [0.29, 0.717) is 17.9 Å². The van der Waals surface area contributed by atoms with E-state index in [9.17, 15) is 4.79 Å². The van der Waals surface area contributed by atoms with Crippen LogP contribution in [0.4, 0.5) is 0 Å². The Morgan fingerprint density at radius 2 is 1.89 bits per heavy atom. The van der Waals surface area contributed by atoms with Crippen LogP contribution in [0.5, 0.6) is 0 Å². The van der Waals surface area contributed by atoms with Crippen LogP contribution in [0.1, 0.15) is 52.4 Å². The highest BCUT2D eigenvalue weighted by atomic mass is 16.6. The number of carbonyl (C=O) groups excluding carboxylic acids is 1. The first kappa shape index (κ1) is 12.3. The SMILES string of the molecule is C=C(CC)C(=O)OC12CC3CC(CC(C3)C1C)C2. The van der Waals surface area contributed by atoms with E-state index in [1.165, 1.54) is 19.3 Å². The van der Waals surface area contributed by atoms with Crippen molar-refractivity contribution in [3.63, 3.8) is 0 Å². The number of esters is 1. The molecule has 0 spiro atoms. The van der Waals surface area contributed by atoms with Crippen molar-refractivity contribution in [2.45, 2.75) is 58.0 Å². The molecule has 4 saturated carbocycles. The molecule has 100 valence electrons. The van der Waals surface area contributed by atoms with Crippen molar-refractivity contribution >= 4 is 5.97 Å². The molecule has 0 aromatic heterocycles. The number of hydrogen-bond donors (Lipinski definition) is 0. The molecule has 0 amide bonds. The summed E-state index contributed by atoms with van der Waals surface area (Å²) in [5.41, 5.74) is 0.474. The smallest absolute Gasteiger partial charge is 0.333 e. The van der Waals surface area contributed by atoms with Gasteiger partial charge in [-0.25, -0.2) is 4.79 Å². The van der Waals surface area contributed by atoms with Crippen molar-refractivity contribution < 1.29 is 9.53 Å². The average molecular weight is 248 g/mol. The van der Waals surface area contributed by atoms with Gasteiger partial charge in [-0.3, -0.25) is 0 Å². The fourth-order valence-corrected chi connectivity index (χ4v) is 4.80. The zero-order valence-electron chi connectivity index (χ0n) is 11.6. The summed E-state index contributed by atoms with van der Waals surface area (Å²) in [4.78, 5) is 12.1. The molecule has 3 unspecified atom stereocenters. The number of ether oxygens (including phenoxy) is 1. The van der Waals surface area contributed by atoms with E-state index in [-0.39, 0.29) is 11.6 Å². The molecule has 0 aromatic carbocycles. The fourth-order valence-electron chi connectivity index (χ4n) is 4.80. The highest BCUT2D eigenvalue weighted by molar-refractivity contribution is 5.88. The van der Waals surface area contributed by atoms with E-state index >= 15 is 0 Å². The van der Waals surface area contributed by atoms with Crippen molar-refractivity contribution in [2.24, 2.45) is 23.7 Å². The third-order valence-electron chi connectivity index (χ3n) is 5.76. The van der Waals surface area contributed by atoms with Gasteiger partial charge in [0.15, 0.2) is 0 Å². The van der Waals surface area contributed by atoms with Crippen LogP contribution in [0.3, 0.4) is 0 Å². The topological polar surface area (TPSA) is 26.3 Å². The van der Waals surface area contributed by atoms with Gasteiger partial charge in [0.25, 0.3) is 0 Å². The molecule has 0 radical (unpaired) electrons. The van der Waals surface area contributed by atoms with E-state index < -0.39 is 0 Å². The minimum absolute atomic E-state index is 0.147. The normalized spacial score (nSPS) is 45.0. The summed E-state index contributed by atoms with van der Waals surface area (Å²) in [7, 11) is 0. The Bertz CT molecular complexity index is 371. The molecule has 0 saturated heterocycles. The first-order valence-electron chi connectivity index (χ1n) is 7.45. The van der Waals surface area contributed by atoms with Gasteiger partial charge in [-0.05, 0) is 62.2 Å². The second-order valence-electron chi connectivity index (χ2n) is 6.81. The molecule has 2 heteroatoms. The van der Waals surface area contributed by atoms with Crippen LogP contribution in [-0.2, 0) is 9.53 Å². The van der Waals surface area contributed by atoms with E-state index in [1.807, 2.05) is 6.92 Å². The molecular formula is C16H24O2. The average Bonchev–Trinajstić information content (AvgIpc) is 2.33. The number of rotatable bonds is 3. The van der Waals surface area contributed by atoms with Crippen molar-refractivity contribution in [2.75, 3.05) is 0 Å². The molecule has 18 heavy (non-hydrogen) atoms. The first-order valence-corrected chi connectivity index (χ1v) is 7.45. The summed E-state index contributed by atoms with van der Waals surface area (Å²) in [6.45, 7) is 8.08. The fraction of sp³-hybridized carbons (Fsp3) is 0.812. The molecule has 0 heterocycles. The molecule has 4 aliphatic rings. The molecule has 3 atom stereocenters. The quantitative estimate of drug-likeness (QED) is 0.562. The minimum atomic E-state index is -0.149. The Labute approximate surface area is 110 Å². The number of hydrogen-bond acceptors (Lipinski definition) is 2. The predicted molar refractivity (Wildman–Crippen MR) is 71.0 cm³/mol. The maximum absolute atomic E-state index is 12.1. The zero-order chi connectivity index (χ0) is 12.9. The Morgan fingerprint density at radius 1 is 1.28 bits per heavy atom. The number of carbonyl (C=O) groups is 1. The lowest BCUT2D eigenvalue weighted by Crippen LogP contribution is -2.58. The molecule has 4 aliphatic carbocycles. The molecular weight excluding hydrogens is 224 g/mol. The van der Waals surface area contributed by atoms with Crippen LogP contribution in [0, 0.1) is 23.7 Å². The zero-order valence-corrected chi connectivity index (χ0v) is 11.6. The van der Waals surface area contributed by atoms with Gasteiger partial charge in [-0.1, -0.05) is 20.4 Å². The maximum Gasteiger partial charge on any atom is 0.333 e. The molecule has 4 rings (SSSR count). The van der Waals surface area contributed by atoms with Gasteiger partial charge in [-0.2, -0.15) is 0 Å². The molecule has 4 bridgehead atoms. The second kappa shape index (κ2) is 4.11. The highest BCUT2D eigenvalue weighted by Gasteiger charge is 2.57. The Balaban J connectivity index is 1.81. The third kappa shape index (κ3) is 1.72. The summed E-state index contributed by atoms with van der Waals surface area (Å²) in [6, 6.07) is 0. The van der Waals surface area contributed by atoms with Gasteiger partial charge < -0.3 is 4.74 Å². The summed E-state index contributed by atoms with van der Waals surface area (Å²) in [5.74, 6) is 2.80. The second-order valence-corrected chi connectivity index (χ2v) is 6.81. The Hall–Kier alpha value is -0.790. The standard InChI is InChI=1S/C16H24O2/c1-4-10(2)15(17)18-16-8-12-5-13(9-16)7-14(6-12)11(16)3/h11-14H,2,4-9H2,1,3H3. The van der Waals surface area contributed by atoms with Crippen molar-refractivity contribution in [1.82, 2.24) is 0 Å². The van der Waals surface area contributed by atoms with Crippen LogP contribution in [0.2, 0.25) is 0 Å². The monoisotopic (exact) mass is 248 g/mol. The predicted octanol–water partition coefficient (Wildman–Crippen LogP) is 3.71. The van der Waals surface area contributed by atoms with Gasteiger partial charge in [0, 0.05) is 5.57 Å². The largest absolute Gasteiger partial charge is 0.455 e. The van der Waals surface area contributed by atoms with Crippen LogP contribution in [-0.4, -0.2) is 11.6 Å². The molecule has 0 aromatic rings. The molecule has 4 fully saturated rings. The minimum Gasteiger partial charge on any atom is -0.455 e. The summed E-state index contributed by atoms with van der Waals surface area (Å²) in [6.07, 6.45) is 7.00. The van der Waals surface area contributed by atoms with Gasteiger partial charge in [0.05, 0.1) is 0 Å². The van der Waals surface area contributed by atoms with E-state index in [4.69, 9.17) is 4.74 Å². The van der Waals surface area contributed by atoms with Gasteiger partial charge >= 0.3 is 5.97 Å². The maximum atomic E-state index is 12.1. The third-order valence-corrected chi connectivity index (χ3v) is 5.76. The summed E-state index contributed by atoms with van der Waals surface area (Å²) < 4.78 is 5.98. The van der Waals surface area contributed by atoms with Gasteiger partial charge in [0.1, 0.15) is 5.60 Å². The molecule has 2 nitrogen and oxygen atoms in total. The van der Waals surface area contributed by atoms with E-state index in [1.54, 1.807) is 0 Å². The highest BCUT2D eigenvalue weighted by Crippen LogP contribution is 2.59. The van der Waals surface area contributed by atoms with Crippen LogP contribution < -0.4 is 0 Å². The van der Waals surface area contributed by atoms with Gasteiger partial charge in [-0.15, -0.1) is 0 Å². The molecule has 0 aliphatic heterocycles. The van der Waals surface area contributed by atoms with Crippen LogP contribution in [0.25, 0.3) is 0 Å². The Morgan fingerprint density at radius 3 is 2.44 bits per heavy atom. The summed E-state index contributed by atoms with van der Waals surface area (Å²) in [5, 5.41) is 0. The van der Waals surface area contributed by atoms with Crippen molar-refractivity contribution in [1.29, 1.82) is 0 Å². The van der Waals surface area contributed by atoms with Crippen molar-refractivity contribution in [3.05, 3.63) is 12.2 Å². The lowest BCUT2D eigenvalue weighted by Gasteiger charge is -2.59. The van der Waals surface area contributed by atoms with Crippen molar-refractivity contribution in [3.8, 4) is 0 Å². The lowest BCUT2D eigenvalue weighted by atomic mass is 9.50. The Kier molecular flexibility index (Phi) is 2.80. The van der Waals surface area contributed by atoms with Crippen LogP contribution >= 0.6 is 0 Å². The lowest BCUT2D eigenvalue weighted by molar-refractivity contribution is -0.201. The van der Waals surface area contributed by atoms with E-state index in [2.05, 4.69) is 13.5 Å². The molecule has 0 N–H and O–H groups in total. The first-order chi connectivity index (χ1) is 8.54. The van der Waals surface area contributed by atoms with Crippen LogP contribution in [0.15, 0.2) is 12.2 Å².